The lowest BCUT2D eigenvalue weighted by molar-refractivity contribution is -0.125. The second kappa shape index (κ2) is 17.7. The highest BCUT2D eigenvalue weighted by Gasteiger charge is 2.44. The van der Waals surface area contributed by atoms with Gasteiger partial charge < -0.3 is 24.1 Å². The van der Waals surface area contributed by atoms with E-state index in [9.17, 15) is 23.2 Å². The van der Waals surface area contributed by atoms with Crippen LogP contribution in [0.4, 0.5) is 8.78 Å². The third-order valence-corrected chi connectivity index (χ3v) is 10.6. The number of hydrogen-bond donors (Lipinski definition) is 1. The maximum atomic E-state index is 14.9. The van der Waals surface area contributed by atoms with Crippen molar-refractivity contribution in [2.24, 2.45) is 7.05 Å². The van der Waals surface area contributed by atoms with E-state index >= 15 is 0 Å². The van der Waals surface area contributed by atoms with Crippen molar-refractivity contribution in [1.82, 2.24) is 24.8 Å². The van der Waals surface area contributed by atoms with Gasteiger partial charge in [0.1, 0.15) is 24.1 Å². The zero-order valence-corrected chi connectivity index (χ0v) is 32.1. The highest BCUT2D eigenvalue weighted by molar-refractivity contribution is 6.23. The predicted octanol–water partition coefficient (Wildman–Crippen LogP) is 8.11. The minimum Gasteiger partial charge on any atom is -0.494 e. The van der Waals surface area contributed by atoms with Gasteiger partial charge in [-0.3, -0.25) is 29.3 Å². The fraction of sp³-hybridized carbons (Fsp3) is 0.386. The van der Waals surface area contributed by atoms with Crippen LogP contribution in [0.2, 0.25) is 0 Å². The number of fused-ring (bicyclic) bond motifs is 4. The van der Waals surface area contributed by atoms with Crippen LogP contribution in [0.5, 0.6) is 5.75 Å². The summed E-state index contributed by atoms with van der Waals surface area (Å²) < 4.78 is 48.8. The molecule has 1 saturated heterocycles. The van der Waals surface area contributed by atoms with E-state index in [2.05, 4.69) is 26.4 Å². The topological polar surface area (TPSA) is 125 Å². The molecule has 1 N–H and O–H groups in total. The number of rotatable bonds is 19. The van der Waals surface area contributed by atoms with Gasteiger partial charge in [-0.05, 0) is 93.3 Å². The number of pyridine rings is 2. The first kappa shape index (κ1) is 39.7. The maximum absolute atomic E-state index is 14.9. The van der Waals surface area contributed by atoms with Gasteiger partial charge >= 0.3 is 5.92 Å². The summed E-state index contributed by atoms with van der Waals surface area (Å²) in [6, 6.07) is 15.1. The van der Waals surface area contributed by atoms with Gasteiger partial charge in [0.2, 0.25) is 5.91 Å². The second-order valence-corrected chi connectivity index (χ2v) is 14.6. The van der Waals surface area contributed by atoms with Gasteiger partial charge in [-0.1, -0.05) is 31.2 Å². The molecule has 1 fully saturated rings. The molecule has 57 heavy (non-hydrogen) atoms. The Bertz CT molecular complexity index is 2270. The molecule has 3 amide bonds. The van der Waals surface area contributed by atoms with Crippen LogP contribution < -0.4 is 10.1 Å². The van der Waals surface area contributed by atoms with E-state index in [-0.39, 0.29) is 23.4 Å². The fourth-order valence-electron chi connectivity index (χ4n) is 7.45. The van der Waals surface area contributed by atoms with Crippen LogP contribution >= 0.6 is 0 Å². The zero-order chi connectivity index (χ0) is 39.9. The summed E-state index contributed by atoms with van der Waals surface area (Å²) in [5.74, 6) is -4.03. The first-order valence-corrected chi connectivity index (χ1v) is 19.6. The predicted molar refractivity (Wildman–Crippen MR) is 212 cm³/mol. The third-order valence-electron chi connectivity index (χ3n) is 10.6. The molecule has 2 aliphatic heterocycles. The maximum Gasteiger partial charge on any atom is 0.312 e. The van der Waals surface area contributed by atoms with Crippen LogP contribution in [0.25, 0.3) is 32.9 Å². The van der Waals surface area contributed by atoms with E-state index in [0.29, 0.717) is 50.5 Å². The quantitative estimate of drug-likeness (QED) is 0.0659. The molecule has 3 aromatic heterocycles. The Morgan fingerprint density at radius 3 is 2.26 bits per heavy atom. The van der Waals surface area contributed by atoms with E-state index in [1.165, 1.54) is 12.3 Å². The van der Waals surface area contributed by atoms with Crippen molar-refractivity contribution >= 4 is 39.5 Å². The molecule has 1 unspecified atom stereocenters. The van der Waals surface area contributed by atoms with Gasteiger partial charge in [-0.25, -0.2) is 0 Å². The molecule has 0 aliphatic carbocycles. The monoisotopic (exact) mass is 779 g/mol. The summed E-state index contributed by atoms with van der Waals surface area (Å²) >= 11 is 0. The van der Waals surface area contributed by atoms with Crippen LogP contribution in [-0.2, 0) is 27.2 Å². The minimum atomic E-state index is -3.19. The average molecular weight is 780 g/mol. The van der Waals surface area contributed by atoms with E-state index in [1.807, 2.05) is 37.5 Å². The number of benzene rings is 2. The number of piperidine rings is 1. The average Bonchev–Trinajstić information content (AvgIpc) is 3.64. The Morgan fingerprint density at radius 2 is 1.51 bits per heavy atom. The molecule has 7 rings (SSSR count). The number of aromatic nitrogens is 3. The lowest BCUT2D eigenvalue weighted by atomic mass is 10.0. The smallest absolute Gasteiger partial charge is 0.312 e. The van der Waals surface area contributed by atoms with E-state index in [0.717, 1.165) is 76.4 Å². The molecule has 2 aliphatic rings. The summed E-state index contributed by atoms with van der Waals surface area (Å²) in [5, 5.41) is 4.79. The molecule has 0 bridgehead atoms. The van der Waals surface area contributed by atoms with Crippen molar-refractivity contribution in [2.45, 2.75) is 69.8 Å². The summed E-state index contributed by atoms with van der Waals surface area (Å²) in [5.41, 5.74) is 4.57. The van der Waals surface area contributed by atoms with E-state index in [1.54, 1.807) is 30.5 Å². The second-order valence-electron chi connectivity index (χ2n) is 14.6. The Morgan fingerprint density at radius 1 is 0.789 bits per heavy atom. The van der Waals surface area contributed by atoms with Gasteiger partial charge in [0.05, 0.1) is 23.3 Å². The number of imide groups is 1. The van der Waals surface area contributed by atoms with Crippen LogP contribution in [-0.4, -0.2) is 76.2 Å². The Kier molecular flexibility index (Phi) is 12.3. The molecule has 2 aromatic carbocycles. The fourth-order valence-corrected chi connectivity index (χ4v) is 7.45. The van der Waals surface area contributed by atoms with E-state index < -0.39 is 36.3 Å². The van der Waals surface area contributed by atoms with Crippen molar-refractivity contribution in [3.05, 3.63) is 102 Å². The summed E-state index contributed by atoms with van der Waals surface area (Å²) in [6.45, 7) is 5.00. The number of carbonyl (C=O) groups is 3. The molecule has 0 radical (unpaired) electrons. The van der Waals surface area contributed by atoms with Crippen LogP contribution in [0.15, 0.2) is 85.5 Å². The number of hydrogen-bond acceptors (Lipinski definition) is 8. The largest absolute Gasteiger partial charge is 0.494 e. The van der Waals surface area contributed by atoms with Crippen molar-refractivity contribution in [1.29, 1.82) is 0 Å². The number of halogens is 2. The standard InChI is InChI=1S/C44H47F2N5O6/c1-29-10-16-38(41(52)49-29)51-42(53)34-15-13-32(25-35(34)43(51)54)57-23-9-4-3-6-20-55-21-7-5-8-22-56-28-44(45,46)40-17-12-31(26-48-40)30-11-14-33-36-27-47-19-18-37(36)50(2)39(33)24-30/h11-15,17-19,24-27,38H,1,3-10,16,20-23,28H2,2H3,(H,49,52). The van der Waals surface area contributed by atoms with Gasteiger partial charge in [-0.15, -0.1) is 0 Å². The molecule has 0 saturated carbocycles. The first-order chi connectivity index (χ1) is 27.6. The van der Waals surface area contributed by atoms with Gasteiger partial charge in [0.25, 0.3) is 11.8 Å². The molecule has 11 nitrogen and oxygen atoms in total. The number of carbonyl (C=O) groups excluding carboxylic acids is 3. The number of alkyl halides is 2. The summed E-state index contributed by atoms with van der Waals surface area (Å²) in [7, 11) is 2.00. The molecule has 298 valence electrons. The highest BCUT2D eigenvalue weighted by atomic mass is 19.3. The number of nitrogens with zero attached hydrogens (tertiary/aromatic N) is 4. The zero-order valence-electron chi connectivity index (χ0n) is 32.1. The van der Waals surface area contributed by atoms with Crippen LogP contribution in [0.1, 0.15) is 84.2 Å². The molecule has 13 heteroatoms. The molecule has 0 spiro atoms. The Hall–Kier alpha value is -5.53. The number of aryl methyl sites for hydroxylation is 1. The summed E-state index contributed by atoms with van der Waals surface area (Å²) in [6.07, 6.45) is 11.9. The van der Waals surface area contributed by atoms with Crippen molar-refractivity contribution in [3.8, 4) is 16.9 Å². The molecule has 5 heterocycles. The van der Waals surface area contributed by atoms with Crippen molar-refractivity contribution < 1.29 is 37.4 Å². The number of amides is 3. The number of unbranched alkanes of at least 4 members (excludes halogenated alkanes) is 5. The van der Waals surface area contributed by atoms with Gasteiger partial charge in [-0.2, -0.15) is 8.78 Å². The highest BCUT2D eigenvalue weighted by Crippen LogP contribution is 2.34. The lowest BCUT2D eigenvalue weighted by Gasteiger charge is -2.29. The Balaban J connectivity index is 0.719. The molecule has 5 aromatic rings. The SMILES string of the molecule is C=C1CCC(N2C(=O)c3ccc(OCCCCCCOCCCCCOCC(F)(F)c4ccc(-c5ccc6c7cnccc7n(C)c6c5)cn4)cc3C2=O)C(=O)N1. The molecular weight excluding hydrogens is 733 g/mol. The van der Waals surface area contributed by atoms with Crippen LogP contribution in [0.3, 0.4) is 0 Å². The lowest BCUT2D eigenvalue weighted by Crippen LogP contribution is -2.51. The number of allylic oxidation sites excluding steroid dienone is 1. The minimum absolute atomic E-state index is 0.241. The first-order valence-electron chi connectivity index (χ1n) is 19.6. The number of ether oxygens (including phenoxy) is 3. The van der Waals surface area contributed by atoms with Crippen molar-refractivity contribution in [2.75, 3.05) is 33.0 Å². The number of nitrogens with one attached hydrogen (secondary N) is 1. The van der Waals surface area contributed by atoms with Crippen molar-refractivity contribution in [3.63, 3.8) is 0 Å². The Labute approximate surface area is 330 Å². The molecule has 1 atom stereocenters. The van der Waals surface area contributed by atoms with Gasteiger partial charge in [0, 0.05) is 73.0 Å². The van der Waals surface area contributed by atoms with Gasteiger partial charge in [0.15, 0.2) is 0 Å². The summed E-state index contributed by atoms with van der Waals surface area (Å²) in [4.78, 5) is 47.8. The van der Waals surface area contributed by atoms with Crippen LogP contribution in [0, 0.1) is 0 Å². The normalized spacial score (nSPS) is 15.8. The van der Waals surface area contributed by atoms with E-state index in [4.69, 9.17) is 14.2 Å². The molecular formula is C44H47F2N5O6. The third kappa shape index (κ3) is 8.89.